The highest BCUT2D eigenvalue weighted by Crippen LogP contribution is 2.34. The van der Waals surface area contributed by atoms with Crippen molar-refractivity contribution in [2.45, 2.75) is 70.2 Å². The van der Waals surface area contributed by atoms with Crippen molar-refractivity contribution < 1.29 is 22.7 Å². The number of rotatable bonds is 2. The fourth-order valence-corrected chi connectivity index (χ4v) is 3.39. The zero-order valence-electron chi connectivity index (χ0n) is 15.5. The van der Waals surface area contributed by atoms with Crippen molar-refractivity contribution in [2.24, 2.45) is 0 Å². The molecule has 0 bridgehead atoms. The van der Waals surface area contributed by atoms with Crippen LogP contribution in [0.1, 0.15) is 63.8 Å². The van der Waals surface area contributed by atoms with Crippen LogP contribution in [0, 0.1) is 0 Å². The van der Waals surface area contributed by atoms with Gasteiger partial charge in [0.05, 0.1) is 5.56 Å². The molecule has 0 aromatic carbocycles. The van der Waals surface area contributed by atoms with Crippen molar-refractivity contribution in [3.05, 3.63) is 29.7 Å². The Morgan fingerprint density at radius 2 is 2.00 bits per heavy atom. The second-order valence-electron chi connectivity index (χ2n) is 7.91. The number of halogens is 3. The van der Waals surface area contributed by atoms with E-state index >= 15 is 0 Å². The topological polar surface area (TPSA) is 68.5 Å². The molecule has 2 heterocycles. The van der Waals surface area contributed by atoms with Gasteiger partial charge in [-0.05, 0) is 52.2 Å². The first-order chi connectivity index (χ1) is 12.5. The minimum Gasteiger partial charge on any atom is -0.444 e. The number of carbonyl (C=O) groups is 1. The van der Waals surface area contributed by atoms with Gasteiger partial charge in [-0.1, -0.05) is 6.42 Å². The lowest BCUT2D eigenvalue weighted by molar-refractivity contribution is -0.137. The molecule has 1 aliphatic carbocycles. The maximum absolute atomic E-state index is 12.9. The molecule has 2 aromatic rings. The van der Waals surface area contributed by atoms with Crippen LogP contribution in [0.2, 0.25) is 0 Å². The minimum absolute atomic E-state index is 0.00502. The van der Waals surface area contributed by atoms with Gasteiger partial charge >= 0.3 is 12.3 Å². The van der Waals surface area contributed by atoms with Crippen LogP contribution < -0.4 is 5.32 Å². The first kappa shape index (κ1) is 19.4. The Morgan fingerprint density at radius 1 is 1.26 bits per heavy atom. The molecule has 148 valence electrons. The average molecular weight is 384 g/mol. The lowest BCUT2D eigenvalue weighted by Crippen LogP contribution is -2.41. The summed E-state index contributed by atoms with van der Waals surface area (Å²) in [5, 5.41) is 10.9. The van der Waals surface area contributed by atoms with Crippen LogP contribution in [0.25, 0.3) is 5.65 Å². The number of hydrogen-bond donors (Lipinski definition) is 1. The Morgan fingerprint density at radius 3 is 2.67 bits per heavy atom. The predicted octanol–water partition coefficient (Wildman–Crippen LogP) is 4.30. The fourth-order valence-electron chi connectivity index (χ4n) is 3.39. The molecule has 27 heavy (non-hydrogen) atoms. The molecule has 0 unspecified atom stereocenters. The molecule has 0 saturated heterocycles. The zero-order valence-corrected chi connectivity index (χ0v) is 15.5. The van der Waals surface area contributed by atoms with Gasteiger partial charge in [0.2, 0.25) is 0 Å². The molecule has 9 heteroatoms. The average Bonchev–Trinajstić information content (AvgIpc) is 2.95. The van der Waals surface area contributed by atoms with Gasteiger partial charge in [0, 0.05) is 18.2 Å². The molecular formula is C18H23F3N4O2. The lowest BCUT2D eigenvalue weighted by atomic mass is 9.85. The maximum atomic E-state index is 12.9. The highest BCUT2D eigenvalue weighted by atomic mass is 19.4. The number of aromatic nitrogens is 3. The van der Waals surface area contributed by atoms with Crippen molar-refractivity contribution >= 4 is 11.7 Å². The summed E-state index contributed by atoms with van der Waals surface area (Å²) < 4.78 is 45.5. The van der Waals surface area contributed by atoms with E-state index in [1.807, 2.05) is 0 Å². The number of pyridine rings is 1. The molecule has 1 saturated carbocycles. The summed E-state index contributed by atoms with van der Waals surface area (Å²) in [4.78, 5) is 12.0. The van der Waals surface area contributed by atoms with E-state index in [-0.39, 0.29) is 17.6 Å². The molecule has 0 radical (unpaired) electrons. The lowest BCUT2D eigenvalue weighted by Gasteiger charge is -2.30. The number of hydrogen-bond acceptors (Lipinski definition) is 4. The van der Waals surface area contributed by atoms with Gasteiger partial charge in [0.25, 0.3) is 0 Å². The van der Waals surface area contributed by atoms with Gasteiger partial charge in [0.15, 0.2) is 5.65 Å². The van der Waals surface area contributed by atoms with Gasteiger partial charge in [0.1, 0.15) is 11.4 Å². The van der Waals surface area contributed by atoms with Gasteiger partial charge in [-0.25, -0.2) is 4.79 Å². The molecule has 1 fully saturated rings. The van der Waals surface area contributed by atoms with E-state index in [9.17, 15) is 18.0 Å². The van der Waals surface area contributed by atoms with E-state index in [0.29, 0.717) is 12.2 Å². The number of nitrogens with zero attached hydrogens (tertiary/aromatic N) is 3. The zero-order chi connectivity index (χ0) is 19.8. The number of nitrogens with one attached hydrogen (secondary N) is 1. The van der Waals surface area contributed by atoms with E-state index in [4.69, 9.17) is 4.74 Å². The van der Waals surface area contributed by atoms with E-state index in [1.54, 1.807) is 25.2 Å². The van der Waals surface area contributed by atoms with Crippen LogP contribution in [0.5, 0.6) is 0 Å². The van der Waals surface area contributed by atoms with Gasteiger partial charge < -0.3 is 10.1 Å². The van der Waals surface area contributed by atoms with Gasteiger partial charge in [-0.3, -0.25) is 4.40 Å². The molecule has 6 nitrogen and oxygen atoms in total. The highest BCUT2D eigenvalue weighted by Gasteiger charge is 2.32. The highest BCUT2D eigenvalue weighted by molar-refractivity contribution is 5.68. The number of ether oxygens (including phenoxy) is 1. The molecule has 0 spiro atoms. The van der Waals surface area contributed by atoms with Crippen molar-refractivity contribution in [2.75, 3.05) is 0 Å². The Hall–Kier alpha value is -2.32. The van der Waals surface area contributed by atoms with Crippen LogP contribution in [0.3, 0.4) is 0 Å². The standard InChI is InChI=1S/C18H23F3N4O2/c1-17(2,3)27-16(26)22-13-6-4-5-11(9-13)15-24-23-14-10-12(18(19,20)21)7-8-25(14)15/h7-8,10-11,13H,4-6,9H2,1-3H3,(H,22,26)/t11-,13+/m0/s1. The first-order valence-corrected chi connectivity index (χ1v) is 8.94. The molecule has 3 rings (SSSR count). The summed E-state index contributed by atoms with van der Waals surface area (Å²) in [5.74, 6) is 0.625. The van der Waals surface area contributed by atoms with Crippen molar-refractivity contribution in [1.82, 2.24) is 19.9 Å². The smallest absolute Gasteiger partial charge is 0.416 e. The molecule has 1 N–H and O–H groups in total. The first-order valence-electron chi connectivity index (χ1n) is 8.94. The molecule has 1 amide bonds. The van der Waals surface area contributed by atoms with E-state index in [2.05, 4.69) is 15.5 Å². The molecule has 1 aliphatic rings. The summed E-state index contributed by atoms with van der Waals surface area (Å²) in [6.45, 7) is 5.40. The Bertz CT molecular complexity index is 826. The van der Waals surface area contributed by atoms with Crippen molar-refractivity contribution in [1.29, 1.82) is 0 Å². The molecule has 0 aliphatic heterocycles. The monoisotopic (exact) mass is 384 g/mol. The summed E-state index contributed by atoms with van der Waals surface area (Å²) in [7, 11) is 0. The van der Waals surface area contributed by atoms with Crippen LogP contribution in [-0.4, -0.2) is 32.3 Å². The Labute approximate surface area is 155 Å². The van der Waals surface area contributed by atoms with Crippen LogP contribution in [0.4, 0.5) is 18.0 Å². The van der Waals surface area contributed by atoms with Crippen LogP contribution in [-0.2, 0) is 10.9 Å². The van der Waals surface area contributed by atoms with Crippen molar-refractivity contribution in [3.63, 3.8) is 0 Å². The minimum atomic E-state index is -4.42. The van der Waals surface area contributed by atoms with Crippen LogP contribution >= 0.6 is 0 Å². The third kappa shape index (κ3) is 4.70. The van der Waals surface area contributed by atoms with E-state index in [0.717, 1.165) is 31.4 Å². The maximum Gasteiger partial charge on any atom is 0.416 e. The quantitative estimate of drug-likeness (QED) is 0.838. The molecule has 2 atom stereocenters. The number of amides is 1. The number of alkyl carbamates (subject to hydrolysis) is 1. The van der Waals surface area contributed by atoms with Crippen LogP contribution in [0.15, 0.2) is 18.3 Å². The normalized spacial score (nSPS) is 21.3. The number of fused-ring (bicyclic) bond motifs is 1. The summed E-state index contributed by atoms with van der Waals surface area (Å²) in [5.41, 5.74) is -1.15. The Balaban J connectivity index is 1.73. The Kier molecular flexibility index (Phi) is 5.05. The molecule has 2 aromatic heterocycles. The second kappa shape index (κ2) is 7.01. The summed E-state index contributed by atoms with van der Waals surface area (Å²) >= 11 is 0. The van der Waals surface area contributed by atoms with Gasteiger partial charge in [-0.15, -0.1) is 10.2 Å². The SMILES string of the molecule is CC(C)(C)OC(=O)N[C@@H]1CCC[C@H](c2nnc3cc(C(F)(F)F)ccn23)C1. The largest absolute Gasteiger partial charge is 0.444 e. The summed E-state index contributed by atoms with van der Waals surface area (Å²) in [6.07, 6.45) is -0.339. The molecular weight excluding hydrogens is 361 g/mol. The number of carbonyl (C=O) groups excluding carboxylic acids is 1. The third-order valence-corrected chi connectivity index (χ3v) is 4.52. The van der Waals surface area contributed by atoms with E-state index < -0.39 is 23.4 Å². The van der Waals surface area contributed by atoms with Crippen molar-refractivity contribution in [3.8, 4) is 0 Å². The number of alkyl halides is 3. The summed E-state index contributed by atoms with van der Waals surface area (Å²) in [6, 6.07) is 1.95. The van der Waals surface area contributed by atoms with E-state index in [1.165, 1.54) is 6.20 Å². The van der Waals surface area contributed by atoms with Gasteiger partial charge in [-0.2, -0.15) is 13.2 Å². The fraction of sp³-hybridized carbons (Fsp3) is 0.611. The predicted molar refractivity (Wildman–Crippen MR) is 92.4 cm³/mol. The second-order valence-corrected chi connectivity index (χ2v) is 7.91. The third-order valence-electron chi connectivity index (χ3n) is 4.52.